The van der Waals surface area contributed by atoms with E-state index in [0.29, 0.717) is 0 Å². The van der Waals surface area contributed by atoms with Gasteiger partial charge in [0.15, 0.2) is 0 Å². The molecule has 0 heterocycles. The molecule has 2 aromatic rings. The number of likely N-dealkylation sites (N-methyl/N-ethyl adjacent to an activating group) is 1. The zero-order valence-corrected chi connectivity index (χ0v) is 13.8. The number of rotatable bonds is 5. The van der Waals surface area contributed by atoms with Gasteiger partial charge in [0.25, 0.3) is 5.91 Å². The zero-order valence-electron chi connectivity index (χ0n) is 12.2. The van der Waals surface area contributed by atoms with Crippen LogP contribution in [-0.4, -0.2) is 19.5 Å². The van der Waals surface area contributed by atoms with Gasteiger partial charge in [-0.15, -0.1) is 0 Å². The minimum absolute atomic E-state index is 0.0759. The lowest BCUT2D eigenvalue weighted by atomic mass is 10.0. The van der Waals surface area contributed by atoms with Crippen molar-refractivity contribution in [2.24, 2.45) is 0 Å². The van der Waals surface area contributed by atoms with E-state index in [1.54, 1.807) is 0 Å². The van der Waals surface area contributed by atoms with Crippen LogP contribution in [0, 0.1) is 6.92 Å². The minimum atomic E-state index is -0.0759. The number of halogens is 1. The molecule has 0 atom stereocenters. The number of aryl methyl sites for hydroxylation is 1. The van der Waals surface area contributed by atoms with Crippen LogP contribution in [0.1, 0.15) is 21.5 Å². The summed E-state index contributed by atoms with van der Waals surface area (Å²) in [6.07, 6.45) is 0.828. The summed E-state index contributed by atoms with van der Waals surface area (Å²) in [5.74, 6) is -0.0759. The molecule has 21 heavy (non-hydrogen) atoms. The molecule has 0 radical (unpaired) electrons. The van der Waals surface area contributed by atoms with E-state index in [4.69, 9.17) is 0 Å². The fraction of sp³-hybridized carbons (Fsp3) is 0.235. The van der Waals surface area contributed by atoms with Gasteiger partial charge >= 0.3 is 0 Å². The van der Waals surface area contributed by atoms with Crippen molar-refractivity contribution in [2.45, 2.75) is 13.3 Å². The minimum Gasteiger partial charge on any atom is -0.321 e. The number of hydrogen-bond acceptors (Lipinski definition) is 2. The molecule has 3 nitrogen and oxygen atoms in total. The summed E-state index contributed by atoms with van der Waals surface area (Å²) in [6.45, 7) is 2.85. The molecule has 0 saturated heterocycles. The van der Waals surface area contributed by atoms with E-state index in [1.807, 2.05) is 56.4 Å². The predicted molar refractivity (Wildman–Crippen MR) is 90.9 cm³/mol. The standard InChI is InChI=1S/C17H19BrN2O/c1-12-7-8-15(18)16(11-12)20-17(21)14-6-4-3-5-13(14)9-10-19-2/h3-8,11,19H,9-10H2,1-2H3,(H,20,21). The second-order valence-corrected chi connectivity index (χ2v) is 5.80. The maximum atomic E-state index is 12.5. The Labute approximate surface area is 133 Å². The van der Waals surface area contributed by atoms with E-state index in [0.717, 1.165) is 39.8 Å². The van der Waals surface area contributed by atoms with Crippen LogP contribution in [0.2, 0.25) is 0 Å². The number of nitrogens with one attached hydrogen (secondary N) is 2. The second-order valence-electron chi connectivity index (χ2n) is 4.95. The van der Waals surface area contributed by atoms with Crippen LogP contribution >= 0.6 is 15.9 Å². The topological polar surface area (TPSA) is 41.1 Å². The Morgan fingerprint density at radius 2 is 1.95 bits per heavy atom. The van der Waals surface area contributed by atoms with Crippen molar-refractivity contribution in [2.75, 3.05) is 18.9 Å². The first-order valence-electron chi connectivity index (χ1n) is 6.92. The SMILES string of the molecule is CNCCc1ccccc1C(=O)Nc1cc(C)ccc1Br. The van der Waals surface area contributed by atoms with Crippen molar-refractivity contribution < 1.29 is 4.79 Å². The summed E-state index contributed by atoms with van der Waals surface area (Å²) in [4.78, 5) is 12.5. The van der Waals surface area contributed by atoms with Crippen LogP contribution in [0.15, 0.2) is 46.9 Å². The lowest BCUT2D eigenvalue weighted by Gasteiger charge is -2.11. The van der Waals surface area contributed by atoms with E-state index < -0.39 is 0 Å². The van der Waals surface area contributed by atoms with E-state index in [-0.39, 0.29) is 5.91 Å². The molecule has 0 aliphatic heterocycles. The molecule has 0 saturated carbocycles. The molecule has 0 unspecified atom stereocenters. The molecule has 0 spiro atoms. The Balaban J connectivity index is 2.22. The molecule has 110 valence electrons. The monoisotopic (exact) mass is 346 g/mol. The van der Waals surface area contributed by atoms with Gasteiger partial charge in [0.2, 0.25) is 0 Å². The lowest BCUT2D eigenvalue weighted by molar-refractivity contribution is 0.102. The molecule has 2 rings (SSSR count). The van der Waals surface area contributed by atoms with Gasteiger partial charge in [-0.3, -0.25) is 4.79 Å². The summed E-state index contributed by atoms with van der Waals surface area (Å²) in [6, 6.07) is 13.6. The van der Waals surface area contributed by atoms with Crippen LogP contribution in [0.4, 0.5) is 5.69 Å². The van der Waals surface area contributed by atoms with Crippen LogP contribution in [0.5, 0.6) is 0 Å². The molecule has 0 aliphatic rings. The van der Waals surface area contributed by atoms with Gasteiger partial charge in [-0.05, 0) is 72.2 Å². The van der Waals surface area contributed by atoms with Crippen LogP contribution in [0.3, 0.4) is 0 Å². The highest BCUT2D eigenvalue weighted by Gasteiger charge is 2.12. The maximum absolute atomic E-state index is 12.5. The third kappa shape index (κ3) is 4.16. The summed E-state index contributed by atoms with van der Waals surface area (Å²) >= 11 is 3.47. The highest BCUT2D eigenvalue weighted by Crippen LogP contribution is 2.24. The molecule has 2 N–H and O–H groups in total. The van der Waals surface area contributed by atoms with Gasteiger partial charge in [0.05, 0.1) is 5.69 Å². The maximum Gasteiger partial charge on any atom is 0.255 e. The Bertz CT molecular complexity index is 640. The Morgan fingerprint density at radius 1 is 1.19 bits per heavy atom. The molecule has 1 amide bonds. The van der Waals surface area contributed by atoms with E-state index in [9.17, 15) is 4.79 Å². The van der Waals surface area contributed by atoms with Gasteiger partial charge in [0.1, 0.15) is 0 Å². The largest absolute Gasteiger partial charge is 0.321 e. The average Bonchev–Trinajstić information content (AvgIpc) is 2.49. The van der Waals surface area contributed by atoms with Crippen molar-refractivity contribution in [1.29, 1.82) is 0 Å². The Kier molecular flexibility index (Phi) is 5.53. The van der Waals surface area contributed by atoms with Crippen molar-refractivity contribution in [3.63, 3.8) is 0 Å². The number of benzene rings is 2. The molecule has 2 aromatic carbocycles. The molecular formula is C17H19BrN2O. The van der Waals surface area contributed by atoms with Crippen LogP contribution < -0.4 is 10.6 Å². The van der Waals surface area contributed by atoms with Gasteiger partial charge < -0.3 is 10.6 Å². The average molecular weight is 347 g/mol. The van der Waals surface area contributed by atoms with E-state index in [1.165, 1.54) is 0 Å². The number of amides is 1. The first-order chi connectivity index (χ1) is 10.1. The normalized spacial score (nSPS) is 10.4. The number of hydrogen-bond donors (Lipinski definition) is 2. The van der Waals surface area contributed by atoms with Crippen LogP contribution in [0.25, 0.3) is 0 Å². The highest BCUT2D eigenvalue weighted by atomic mass is 79.9. The van der Waals surface area contributed by atoms with Crippen LogP contribution in [-0.2, 0) is 6.42 Å². The summed E-state index contributed by atoms with van der Waals surface area (Å²) < 4.78 is 0.883. The number of anilines is 1. The van der Waals surface area contributed by atoms with E-state index >= 15 is 0 Å². The van der Waals surface area contributed by atoms with Crippen molar-refractivity contribution in [3.8, 4) is 0 Å². The number of carbonyl (C=O) groups is 1. The quantitative estimate of drug-likeness (QED) is 0.865. The third-order valence-electron chi connectivity index (χ3n) is 3.28. The summed E-state index contributed by atoms with van der Waals surface area (Å²) in [7, 11) is 1.91. The van der Waals surface area contributed by atoms with Gasteiger partial charge in [-0.2, -0.15) is 0 Å². The summed E-state index contributed by atoms with van der Waals surface area (Å²) in [5, 5.41) is 6.09. The molecule has 0 bridgehead atoms. The van der Waals surface area contributed by atoms with Crippen molar-refractivity contribution >= 4 is 27.5 Å². The lowest BCUT2D eigenvalue weighted by Crippen LogP contribution is -2.17. The third-order valence-corrected chi connectivity index (χ3v) is 3.97. The molecule has 4 heteroatoms. The first-order valence-corrected chi connectivity index (χ1v) is 7.71. The molecule has 0 aromatic heterocycles. The summed E-state index contributed by atoms with van der Waals surface area (Å²) in [5.41, 5.74) is 3.68. The molecular weight excluding hydrogens is 328 g/mol. The zero-order chi connectivity index (χ0) is 15.2. The second kappa shape index (κ2) is 7.38. The fourth-order valence-corrected chi connectivity index (χ4v) is 2.49. The van der Waals surface area contributed by atoms with Gasteiger partial charge in [0, 0.05) is 10.0 Å². The predicted octanol–water partition coefficient (Wildman–Crippen LogP) is 3.77. The molecule has 0 fully saturated rings. The van der Waals surface area contributed by atoms with Crippen molar-refractivity contribution in [1.82, 2.24) is 5.32 Å². The van der Waals surface area contributed by atoms with Gasteiger partial charge in [-0.25, -0.2) is 0 Å². The first kappa shape index (κ1) is 15.7. The Hall–Kier alpha value is -1.65. The fourth-order valence-electron chi connectivity index (χ4n) is 2.14. The highest BCUT2D eigenvalue weighted by molar-refractivity contribution is 9.10. The van der Waals surface area contributed by atoms with Gasteiger partial charge in [-0.1, -0.05) is 24.3 Å². The Morgan fingerprint density at radius 3 is 2.71 bits per heavy atom. The smallest absolute Gasteiger partial charge is 0.255 e. The van der Waals surface area contributed by atoms with E-state index in [2.05, 4.69) is 26.6 Å². The van der Waals surface area contributed by atoms with Crippen molar-refractivity contribution in [3.05, 3.63) is 63.6 Å². The number of carbonyl (C=O) groups excluding carboxylic acids is 1. The molecule has 0 aliphatic carbocycles.